The fourth-order valence-electron chi connectivity index (χ4n) is 6.18. The molecule has 1 aromatic rings. The quantitative estimate of drug-likeness (QED) is 0.305. The van der Waals surface area contributed by atoms with Gasteiger partial charge in [-0.3, -0.25) is 0 Å². The minimum absolute atomic E-state index is 0.546. The van der Waals surface area contributed by atoms with Crippen molar-refractivity contribution in [2.75, 3.05) is 0 Å². The summed E-state index contributed by atoms with van der Waals surface area (Å²) in [6.07, 6.45) is 19.3. The molecule has 0 heteroatoms. The molecular formula is C32H48. The minimum Gasteiger partial charge on any atom is -0.100 e. The molecule has 3 rings (SSSR count). The molecule has 0 saturated heterocycles. The molecule has 2 aliphatic carbocycles. The molecule has 0 N–H and O–H groups in total. The Balaban J connectivity index is 1.95. The summed E-state index contributed by atoms with van der Waals surface area (Å²) < 4.78 is 0. The second-order valence-corrected chi connectivity index (χ2v) is 11.4. The van der Waals surface area contributed by atoms with E-state index < -0.39 is 0 Å². The Bertz CT molecular complexity index is 812. The summed E-state index contributed by atoms with van der Waals surface area (Å²) in [6.45, 7) is 15.8. The smallest absolute Gasteiger partial charge is 0.00578 e. The van der Waals surface area contributed by atoms with Crippen LogP contribution in [0, 0.1) is 11.8 Å². The average Bonchev–Trinajstić information content (AvgIpc) is 3.19. The first kappa shape index (κ1) is 25.1. The lowest BCUT2D eigenvalue weighted by Crippen LogP contribution is -2.20. The summed E-state index contributed by atoms with van der Waals surface area (Å²) >= 11 is 0. The number of benzene rings is 1. The third-order valence-corrected chi connectivity index (χ3v) is 7.71. The van der Waals surface area contributed by atoms with Crippen LogP contribution in [-0.4, -0.2) is 0 Å². The Morgan fingerprint density at radius 2 is 1.84 bits per heavy atom. The standard InChI is InChI=1S/C32H48/c1-7-11-26-14-15-27(20-26)21-30-22-29(25(6)18-23(2)3)16-17-31(30)32(19-24(4)5)28-12-9-8-10-13-28/h14,16-17,20,22,24-25,28,32H,2,7-13,15,18-19,21H2,1,3-6H3/t25-,32?/m1/s1. The van der Waals surface area contributed by atoms with Crippen LogP contribution in [0.1, 0.15) is 127 Å². The number of hydrogen-bond acceptors (Lipinski definition) is 0. The highest BCUT2D eigenvalue weighted by Gasteiger charge is 2.28. The zero-order chi connectivity index (χ0) is 23.1. The molecule has 0 nitrogen and oxygen atoms in total. The van der Waals surface area contributed by atoms with Crippen molar-refractivity contribution in [2.45, 2.75) is 117 Å². The lowest BCUT2D eigenvalue weighted by atomic mass is 9.71. The fraction of sp³-hybridized carbons (Fsp3) is 0.625. The van der Waals surface area contributed by atoms with Crippen LogP contribution < -0.4 is 0 Å². The van der Waals surface area contributed by atoms with Gasteiger partial charge >= 0.3 is 0 Å². The summed E-state index contributed by atoms with van der Waals surface area (Å²) in [5.41, 5.74) is 9.24. The zero-order valence-corrected chi connectivity index (χ0v) is 21.7. The summed E-state index contributed by atoms with van der Waals surface area (Å²) in [5.74, 6) is 2.89. The van der Waals surface area contributed by atoms with Gasteiger partial charge in [0.25, 0.3) is 0 Å². The average molecular weight is 433 g/mol. The van der Waals surface area contributed by atoms with Crippen molar-refractivity contribution in [3.8, 4) is 0 Å². The first-order valence-electron chi connectivity index (χ1n) is 13.5. The predicted molar refractivity (Wildman–Crippen MR) is 142 cm³/mol. The maximum Gasteiger partial charge on any atom is -0.00578 e. The molecule has 0 radical (unpaired) electrons. The maximum absolute atomic E-state index is 4.18. The topological polar surface area (TPSA) is 0 Å². The van der Waals surface area contributed by atoms with Crippen molar-refractivity contribution in [3.05, 3.63) is 70.3 Å². The lowest BCUT2D eigenvalue weighted by Gasteiger charge is -2.33. The van der Waals surface area contributed by atoms with Gasteiger partial charge in [-0.05, 0) is 92.2 Å². The van der Waals surface area contributed by atoms with E-state index in [1.807, 2.05) is 0 Å². The number of rotatable bonds is 11. The van der Waals surface area contributed by atoms with E-state index in [0.717, 1.165) is 37.0 Å². The summed E-state index contributed by atoms with van der Waals surface area (Å²) in [5, 5.41) is 0. The van der Waals surface area contributed by atoms with E-state index in [-0.39, 0.29) is 0 Å². The third-order valence-electron chi connectivity index (χ3n) is 7.71. The molecule has 1 aromatic carbocycles. The van der Waals surface area contributed by atoms with Crippen LogP contribution in [-0.2, 0) is 6.42 Å². The van der Waals surface area contributed by atoms with Crippen molar-refractivity contribution in [1.82, 2.24) is 0 Å². The van der Waals surface area contributed by atoms with E-state index in [4.69, 9.17) is 0 Å². The molecule has 0 heterocycles. The Hall–Kier alpha value is -1.56. The van der Waals surface area contributed by atoms with Gasteiger partial charge in [0.05, 0.1) is 0 Å². The molecule has 2 aliphatic rings. The lowest BCUT2D eigenvalue weighted by molar-refractivity contribution is 0.276. The molecule has 0 aliphatic heterocycles. The molecular weight excluding hydrogens is 384 g/mol. The molecule has 2 atom stereocenters. The Kier molecular flexibility index (Phi) is 9.45. The number of allylic oxidation sites excluding steroid dienone is 5. The molecule has 0 aromatic heterocycles. The van der Waals surface area contributed by atoms with Crippen LogP contribution >= 0.6 is 0 Å². The van der Waals surface area contributed by atoms with Crippen molar-refractivity contribution < 1.29 is 0 Å². The highest BCUT2D eigenvalue weighted by molar-refractivity contribution is 5.42. The van der Waals surface area contributed by atoms with E-state index in [2.05, 4.69) is 71.5 Å². The second-order valence-electron chi connectivity index (χ2n) is 11.4. The van der Waals surface area contributed by atoms with E-state index in [0.29, 0.717) is 5.92 Å². The van der Waals surface area contributed by atoms with Gasteiger partial charge in [-0.2, -0.15) is 0 Å². The molecule has 1 fully saturated rings. The van der Waals surface area contributed by atoms with Crippen LogP contribution in [0.5, 0.6) is 0 Å². The van der Waals surface area contributed by atoms with E-state index in [1.165, 1.54) is 62.5 Å². The molecule has 32 heavy (non-hydrogen) atoms. The number of hydrogen-bond donors (Lipinski definition) is 0. The first-order valence-corrected chi connectivity index (χ1v) is 13.5. The van der Waals surface area contributed by atoms with Gasteiger partial charge in [0.15, 0.2) is 0 Å². The molecule has 176 valence electrons. The molecule has 0 bridgehead atoms. The summed E-state index contributed by atoms with van der Waals surface area (Å²) in [6, 6.07) is 7.57. The normalized spacial score (nSPS) is 19.1. The third kappa shape index (κ3) is 6.97. The second kappa shape index (κ2) is 12.1. The van der Waals surface area contributed by atoms with Gasteiger partial charge in [-0.25, -0.2) is 0 Å². The summed E-state index contributed by atoms with van der Waals surface area (Å²) in [4.78, 5) is 0. The maximum atomic E-state index is 4.18. The van der Waals surface area contributed by atoms with Gasteiger partial charge in [-0.15, -0.1) is 6.58 Å². The Morgan fingerprint density at radius 1 is 1.09 bits per heavy atom. The van der Waals surface area contributed by atoms with E-state index >= 15 is 0 Å². The van der Waals surface area contributed by atoms with Crippen molar-refractivity contribution in [2.24, 2.45) is 11.8 Å². The molecule has 0 amide bonds. The highest BCUT2D eigenvalue weighted by Crippen LogP contribution is 2.42. The SMILES string of the molecule is C=C(C)C[C@@H](C)c1ccc(C(CC(C)C)C2CCCCC2)c(CC2=CC(CCC)=CC2)c1. The van der Waals surface area contributed by atoms with Gasteiger partial charge in [0.1, 0.15) is 0 Å². The Morgan fingerprint density at radius 3 is 2.50 bits per heavy atom. The minimum atomic E-state index is 0.546. The zero-order valence-electron chi connectivity index (χ0n) is 21.7. The first-order chi connectivity index (χ1) is 15.4. The van der Waals surface area contributed by atoms with Crippen molar-refractivity contribution in [3.63, 3.8) is 0 Å². The van der Waals surface area contributed by atoms with Gasteiger partial charge < -0.3 is 0 Å². The van der Waals surface area contributed by atoms with Crippen LogP contribution in [0.4, 0.5) is 0 Å². The van der Waals surface area contributed by atoms with Crippen LogP contribution in [0.25, 0.3) is 0 Å². The van der Waals surface area contributed by atoms with Gasteiger partial charge in [-0.1, -0.05) is 100 Å². The van der Waals surface area contributed by atoms with E-state index in [1.54, 1.807) is 22.3 Å². The van der Waals surface area contributed by atoms with Crippen LogP contribution in [0.15, 0.2) is 53.6 Å². The van der Waals surface area contributed by atoms with Gasteiger partial charge in [0.2, 0.25) is 0 Å². The summed E-state index contributed by atoms with van der Waals surface area (Å²) in [7, 11) is 0. The van der Waals surface area contributed by atoms with Gasteiger partial charge in [0, 0.05) is 0 Å². The Labute approximate surface area is 199 Å². The monoisotopic (exact) mass is 432 g/mol. The highest BCUT2D eigenvalue weighted by atomic mass is 14.3. The van der Waals surface area contributed by atoms with E-state index in [9.17, 15) is 0 Å². The molecule has 0 spiro atoms. The van der Waals surface area contributed by atoms with Crippen LogP contribution in [0.2, 0.25) is 0 Å². The van der Waals surface area contributed by atoms with Crippen molar-refractivity contribution in [1.29, 1.82) is 0 Å². The molecule has 1 saturated carbocycles. The van der Waals surface area contributed by atoms with Crippen LogP contribution in [0.3, 0.4) is 0 Å². The molecule has 1 unspecified atom stereocenters. The largest absolute Gasteiger partial charge is 0.100 e. The predicted octanol–water partition coefficient (Wildman–Crippen LogP) is 10.1. The fourth-order valence-corrected chi connectivity index (χ4v) is 6.18. The van der Waals surface area contributed by atoms with Crippen molar-refractivity contribution >= 4 is 0 Å².